The average molecular weight is 616 g/mol. The van der Waals surface area contributed by atoms with E-state index in [1.165, 1.54) is 6.92 Å². The van der Waals surface area contributed by atoms with Crippen molar-refractivity contribution in [1.82, 2.24) is 4.98 Å². The number of benzene rings is 2. The Morgan fingerprint density at radius 2 is 1.51 bits per heavy atom. The standard InChI is InChI=1S/C32H29N3O6S2/c1-6-41-32(38)24-16(2)27(17(3)36)42-30(24)35-29(37)28-26(33)25-22(18-7-11-20(39-4)12-8-18)15-23(34-31(25)43-28)19-9-13-21(40-5)14-10-19/h7-15H,6,33H2,1-5H3,(H,35,37). The Labute approximate surface area is 256 Å². The smallest absolute Gasteiger partial charge is 0.341 e. The monoisotopic (exact) mass is 615 g/mol. The van der Waals surface area contributed by atoms with Gasteiger partial charge in [0.05, 0.1) is 42.6 Å². The number of nitrogens with one attached hydrogen (secondary N) is 1. The number of Topliss-reactive ketones (excluding diaryl/α,β-unsaturated/α-hetero) is 1. The van der Waals surface area contributed by atoms with Gasteiger partial charge in [-0.2, -0.15) is 0 Å². The predicted molar refractivity (Wildman–Crippen MR) is 171 cm³/mol. The first kappa shape index (κ1) is 29.7. The van der Waals surface area contributed by atoms with Crippen molar-refractivity contribution in [2.75, 3.05) is 31.9 Å². The fourth-order valence-corrected chi connectivity index (χ4v) is 6.84. The Hall–Kier alpha value is -4.74. The highest BCUT2D eigenvalue weighted by Crippen LogP contribution is 2.43. The van der Waals surface area contributed by atoms with Crippen LogP contribution >= 0.6 is 22.7 Å². The van der Waals surface area contributed by atoms with Gasteiger partial charge >= 0.3 is 5.97 Å². The number of pyridine rings is 1. The molecule has 9 nitrogen and oxygen atoms in total. The van der Waals surface area contributed by atoms with Crippen LogP contribution in [0.4, 0.5) is 10.7 Å². The lowest BCUT2D eigenvalue weighted by atomic mass is 9.99. The first-order valence-corrected chi connectivity index (χ1v) is 14.9. The summed E-state index contributed by atoms with van der Waals surface area (Å²) in [4.78, 5) is 44.8. The Morgan fingerprint density at radius 1 is 0.907 bits per heavy atom. The molecular formula is C32H29N3O6S2. The second kappa shape index (κ2) is 12.2. The molecule has 0 saturated heterocycles. The van der Waals surface area contributed by atoms with Gasteiger partial charge in [0.15, 0.2) is 5.78 Å². The highest BCUT2D eigenvalue weighted by molar-refractivity contribution is 7.22. The van der Waals surface area contributed by atoms with E-state index in [4.69, 9.17) is 24.9 Å². The summed E-state index contributed by atoms with van der Waals surface area (Å²) in [7, 11) is 3.21. The van der Waals surface area contributed by atoms with Crippen molar-refractivity contribution in [3.8, 4) is 33.9 Å². The summed E-state index contributed by atoms with van der Waals surface area (Å²) in [6.45, 7) is 4.91. The minimum Gasteiger partial charge on any atom is -0.497 e. The molecule has 0 fully saturated rings. The molecule has 43 heavy (non-hydrogen) atoms. The number of hydrogen-bond donors (Lipinski definition) is 2. The number of anilines is 2. The molecule has 3 heterocycles. The van der Waals surface area contributed by atoms with Crippen LogP contribution < -0.4 is 20.5 Å². The van der Waals surface area contributed by atoms with Crippen LogP contribution in [0.25, 0.3) is 32.6 Å². The molecule has 0 atom stereocenters. The Balaban J connectivity index is 1.64. The zero-order valence-corrected chi connectivity index (χ0v) is 25.8. The molecule has 0 aliphatic rings. The van der Waals surface area contributed by atoms with Crippen LogP contribution in [-0.4, -0.2) is 43.5 Å². The van der Waals surface area contributed by atoms with Crippen LogP contribution in [0.1, 0.15) is 49.1 Å². The Morgan fingerprint density at radius 3 is 2.07 bits per heavy atom. The molecule has 0 saturated carbocycles. The van der Waals surface area contributed by atoms with Gasteiger partial charge in [-0.15, -0.1) is 22.7 Å². The summed E-state index contributed by atoms with van der Waals surface area (Å²) < 4.78 is 15.9. The van der Waals surface area contributed by atoms with Gasteiger partial charge in [-0.05, 0) is 79.9 Å². The van der Waals surface area contributed by atoms with Gasteiger partial charge in [0.2, 0.25) is 0 Å². The van der Waals surface area contributed by atoms with E-state index in [-0.39, 0.29) is 33.5 Å². The molecule has 220 valence electrons. The molecular weight excluding hydrogens is 587 g/mol. The molecule has 0 radical (unpaired) electrons. The van der Waals surface area contributed by atoms with Crippen LogP contribution in [0.2, 0.25) is 0 Å². The van der Waals surface area contributed by atoms with Gasteiger partial charge in [0.25, 0.3) is 5.91 Å². The van der Waals surface area contributed by atoms with Gasteiger partial charge in [-0.1, -0.05) is 12.1 Å². The molecule has 5 aromatic rings. The average Bonchev–Trinajstić information content (AvgIpc) is 3.53. The number of rotatable bonds is 9. The summed E-state index contributed by atoms with van der Waals surface area (Å²) in [6, 6.07) is 17.0. The molecule has 0 bridgehead atoms. The van der Waals surface area contributed by atoms with E-state index >= 15 is 0 Å². The molecule has 0 spiro atoms. The van der Waals surface area contributed by atoms with Crippen molar-refractivity contribution in [2.45, 2.75) is 20.8 Å². The van der Waals surface area contributed by atoms with Crippen LogP contribution in [0.3, 0.4) is 0 Å². The maximum absolute atomic E-state index is 13.7. The zero-order valence-electron chi connectivity index (χ0n) is 24.2. The van der Waals surface area contributed by atoms with Gasteiger partial charge < -0.3 is 25.3 Å². The number of nitrogens with two attached hydrogens (primary N) is 1. The number of hydrogen-bond acceptors (Lipinski definition) is 10. The van der Waals surface area contributed by atoms with E-state index in [1.807, 2.05) is 54.6 Å². The first-order chi connectivity index (χ1) is 20.7. The number of carbonyl (C=O) groups excluding carboxylic acids is 3. The number of carbonyl (C=O) groups is 3. The minimum atomic E-state index is -0.615. The normalized spacial score (nSPS) is 10.9. The molecule has 11 heteroatoms. The van der Waals surface area contributed by atoms with Crippen molar-refractivity contribution in [1.29, 1.82) is 0 Å². The number of nitrogen functional groups attached to an aromatic ring is 1. The molecule has 5 rings (SSSR count). The number of nitrogens with zero attached hydrogens (tertiary/aromatic N) is 1. The zero-order chi connectivity index (χ0) is 30.8. The van der Waals surface area contributed by atoms with Crippen molar-refractivity contribution >= 4 is 61.2 Å². The number of esters is 1. The quantitative estimate of drug-likeness (QED) is 0.131. The second-order valence-corrected chi connectivity index (χ2v) is 11.5. The lowest BCUT2D eigenvalue weighted by Gasteiger charge is -2.10. The fourth-order valence-electron chi connectivity index (χ4n) is 4.74. The van der Waals surface area contributed by atoms with Gasteiger partial charge in [0.1, 0.15) is 26.2 Å². The van der Waals surface area contributed by atoms with Gasteiger partial charge in [-0.25, -0.2) is 9.78 Å². The maximum Gasteiger partial charge on any atom is 0.341 e. The topological polar surface area (TPSA) is 130 Å². The number of ketones is 1. The number of methoxy groups -OCH3 is 2. The lowest BCUT2D eigenvalue weighted by Crippen LogP contribution is -2.15. The van der Waals surface area contributed by atoms with E-state index in [0.29, 0.717) is 32.1 Å². The highest BCUT2D eigenvalue weighted by Gasteiger charge is 2.28. The molecule has 1 amide bonds. The molecule has 0 aliphatic carbocycles. The molecule has 3 N–H and O–H groups in total. The summed E-state index contributed by atoms with van der Waals surface area (Å²) in [6.07, 6.45) is 0. The van der Waals surface area contributed by atoms with E-state index < -0.39 is 11.9 Å². The maximum atomic E-state index is 13.7. The summed E-state index contributed by atoms with van der Waals surface area (Å²) in [5.74, 6) is 0.0779. The number of ether oxygens (including phenoxy) is 3. The van der Waals surface area contributed by atoms with Gasteiger partial charge in [0, 0.05) is 10.9 Å². The SMILES string of the molecule is CCOC(=O)c1c(NC(=O)c2sc3nc(-c4ccc(OC)cc4)cc(-c4ccc(OC)cc4)c3c2N)sc(C(C)=O)c1C. The summed E-state index contributed by atoms with van der Waals surface area (Å²) in [5, 5.41) is 3.68. The van der Waals surface area contributed by atoms with Crippen molar-refractivity contribution in [3.05, 3.63) is 75.5 Å². The first-order valence-electron chi connectivity index (χ1n) is 13.3. The Kier molecular flexibility index (Phi) is 8.47. The van der Waals surface area contributed by atoms with E-state index in [1.54, 1.807) is 28.1 Å². The van der Waals surface area contributed by atoms with Crippen LogP contribution in [0, 0.1) is 6.92 Å². The van der Waals surface area contributed by atoms with Crippen LogP contribution in [0.5, 0.6) is 11.5 Å². The third-order valence-electron chi connectivity index (χ3n) is 6.87. The number of thiophene rings is 2. The third kappa shape index (κ3) is 5.69. The minimum absolute atomic E-state index is 0.149. The lowest BCUT2D eigenvalue weighted by molar-refractivity contribution is 0.0527. The highest BCUT2D eigenvalue weighted by atomic mass is 32.1. The summed E-state index contributed by atoms with van der Waals surface area (Å²) >= 11 is 2.18. The predicted octanol–water partition coefficient (Wildman–Crippen LogP) is 7.23. The van der Waals surface area contributed by atoms with Crippen molar-refractivity contribution in [2.24, 2.45) is 0 Å². The Bertz CT molecular complexity index is 1860. The number of amides is 1. The molecule has 3 aromatic heterocycles. The van der Waals surface area contributed by atoms with Crippen molar-refractivity contribution < 1.29 is 28.6 Å². The van der Waals surface area contributed by atoms with E-state index in [9.17, 15) is 14.4 Å². The van der Waals surface area contributed by atoms with Crippen molar-refractivity contribution in [3.63, 3.8) is 0 Å². The van der Waals surface area contributed by atoms with Gasteiger partial charge in [-0.3, -0.25) is 9.59 Å². The number of fused-ring (bicyclic) bond motifs is 1. The fraction of sp³-hybridized carbons (Fsp3) is 0.188. The molecule has 0 unspecified atom stereocenters. The third-order valence-corrected chi connectivity index (χ3v) is 9.27. The molecule has 0 aliphatic heterocycles. The van der Waals surface area contributed by atoms with E-state index in [2.05, 4.69) is 5.32 Å². The molecule has 2 aromatic carbocycles. The van der Waals surface area contributed by atoms with E-state index in [0.717, 1.165) is 45.1 Å². The largest absolute Gasteiger partial charge is 0.497 e. The van der Waals surface area contributed by atoms with Crippen LogP contribution in [0.15, 0.2) is 54.6 Å². The number of aromatic nitrogens is 1. The second-order valence-electron chi connectivity index (χ2n) is 9.53. The summed E-state index contributed by atoms with van der Waals surface area (Å²) in [5.41, 5.74) is 10.8. The van der Waals surface area contributed by atoms with Crippen LogP contribution in [-0.2, 0) is 4.74 Å².